The summed E-state index contributed by atoms with van der Waals surface area (Å²) in [6, 6.07) is -0.0703. The summed E-state index contributed by atoms with van der Waals surface area (Å²) in [7, 11) is 0. The molecule has 2 fully saturated rings. The van der Waals surface area contributed by atoms with Gasteiger partial charge in [0.25, 0.3) is 0 Å². The van der Waals surface area contributed by atoms with Crippen LogP contribution in [0.3, 0.4) is 0 Å². The van der Waals surface area contributed by atoms with Crippen molar-refractivity contribution in [3.63, 3.8) is 0 Å². The Kier molecular flexibility index (Phi) is 6.42. The largest absolute Gasteiger partial charge is 0.379 e. The van der Waals surface area contributed by atoms with E-state index in [0.717, 1.165) is 39.0 Å². The number of hydrogen-bond acceptors (Lipinski definition) is 6. The molecule has 4 rings (SSSR count). The van der Waals surface area contributed by atoms with Gasteiger partial charge in [-0.15, -0.1) is 0 Å². The molecule has 2 N–H and O–H groups in total. The molecule has 0 bridgehead atoms. The SMILES string of the molecule is CC(C)COC1C=C2C(CC1)N(C(=O)Nc1ncc(Cl)s1)CC21CCN(C(C)O)C1. The quantitative estimate of drug-likeness (QED) is 0.661. The van der Waals surface area contributed by atoms with Gasteiger partial charge in [0.15, 0.2) is 5.13 Å². The van der Waals surface area contributed by atoms with Gasteiger partial charge in [-0.3, -0.25) is 10.2 Å². The lowest BCUT2D eigenvalue weighted by Gasteiger charge is -2.32. The number of nitrogens with zero attached hydrogens (tertiary/aromatic N) is 3. The van der Waals surface area contributed by atoms with Crippen LogP contribution < -0.4 is 5.32 Å². The third kappa shape index (κ3) is 4.39. The second-order valence-electron chi connectivity index (χ2n) is 9.14. The zero-order chi connectivity index (χ0) is 21.5. The molecule has 0 saturated carbocycles. The van der Waals surface area contributed by atoms with E-state index < -0.39 is 6.23 Å². The molecule has 2 aliphatic heterocycles. The Bertz CT molecular complexity index is 814. The number of halogens is 1. The standard InChI is InChI=1S/C21H31ClN4O3S/c1-13(2)10-29-15-4-5-17-16(8-15)21(6-7-25(11-21)14(3)27)12-26(17)20(28)24-19-23-9-18(22)30-19/h8-9,13-15,17,27H,4-7,10-12H2,1-3H3,(H,23,24,28). The number of nitrogens with one attached hydrogen (secondary N) is 1. The molecular weight excluding hydrogens is 424 g/mol. The van der Waals surface area contributed by atoms with E-state index in [1.54, 1.807) is 6.20 Å². The van der Waals surface area contributed by atoms with Gasteiger partial charge >= 0.3 is 6.03 Å². The van der Waals surface area contributed by atoms with Crippen molar-refractivity contribution in [2.75, 3.05) is 31.6 Å². The lowest BCUT2D eigenvalue weighted by Crippen LogP contribution is -2.41. The van der Waals surface area contributed by atoms with Crippen LogP contribution in [-0.4, -0.2) is 70.5 Å². The molecule has 1 aromatic rings. The molecule has 2 amide bonds. The Morgan fingerprint density at radius 2 is 2.23 bits per heavy atom. The number of anilines is 1. The minimum absolute atomic E-state index is 0.0632. The molecule has 166 valence electrons. The number of hydrogen-bond donors (Lipinski definition) is 2. The van der Waals surface area contributed by atoms with Crippen LogP contribution in [-0.2, 0) is 4.74 Å². The average molecular weight is 455 g/mol. The van der Waals surface area contributed by atoms with E-state index in [1.807, 2.05) is 11.8 Å². The minimum atomic E-state index is -0.486. The number of aliphatic hydroxyl groups is 1. The first kappa shape index (κ1) is 22.0. The summed E-state index contributed by atoms with van der Waals surface area (Å²) in [5.74, 6) is 0.489. The van der Waals surface area contributed by atoms with Gasteiger partial charge in [0.05, 0.1) is 18.3 Å². The van der Waals surface area contributed by atoms with Crippen molar-refractivity contribution in [3.05, 3.63) is 22.2 Å². The van der Waals surface area contributed by atoms with Crippen molar-refractivity contribution in [3.8, 4) is 0 Å². The Labute approximate surface area is 187 Å². The summed E-state index contributed by atoms with van der Waals surface area (Å²) in [5.41, 5.74) is 1.18. The van der Waals surface area contributed by atoms with Crippen LogP contribution in [0.15, 0.2) is 17.8 Å². The Morgan fingerprint density at radius 1 is 1.43 bits per heavy atom. The molecule has 7 nitrogen and oxygen atoms in total. The first-order chi connectivity index (χ1) is 14.3. The molecule has 1 aromatic heterocycles. The molecule has 3 aliphatic rings. The number of carbonyl (C=O) groups excluding carboxylic acids is 1. The summed E-state index contributed by atoms with van der Waals surface area (Å²) >= 11 is 7.23. The zero-order valence-electron chi connectivity index (χ0n) is 17.8. The maximum absolute atomic E-state index is 13.1. The number of fused-ring (bicyclic) bond motifs is 2. The van der Waals surface area contributed by atoms with E-state index in [4.69, 9.17) is 16.3 Å². The van der Waals surface area contributed by atoms with Crippen molar-refractivity contribution in [2.45, 2.75) is 58.4 Å². The first-order valence-electron chi connectivity index (χ1n) is 10.7. The molecule has 1 aliphatic carbocycles. The highest BCUT2D eigenvalue weighted by molar-refractivity contribution is 7.19. The fourth-order valence-electron chi connectivity index (χ4n) is 4.98. The number of ether oxygens (including phenoxy) is 1. The van der Waals surface area contributed by atoms with E-state index in [-0.39, 0.29) is 23.6 Å². The molecular formula is C21H31ClN4O3S. The summed E-state index contributed by atoms with van der Waals surface area (Å²) in [5, 5.41) is 13.6. The predicted octanol–water partition coefficient (Wildman–Crippen LogP) is 3.80. The Morgan fingerprint density at radius 3 is 2.87 bits per heavy atom. The topological polar surface area (TPSA) is 77.9 Å². The monoisotopic (exact) mass is 454 g/mol. The van der Waals surface area contributed by atoms with Gasteiger partial charge in [-0.1, -0.05) is 42.9 Å². The first-order valence-corrected chi connectivity index (χ1v) is 11.9. The van der Waals surface area contributed by atoms with Gasteiger partial charge in [0.1, 0.15) is 10.6 Å². The smallest absolute Gasteiger partial charge is 0.324 e. The normalized spacial score (nSPS) is 30.1. The van der Waals surface area contributed by atoms with Crippen LogP contribution in [0.2, 0.25) is 4.34 Å². The average Bonchev–Trinajstić information content (AvgIpc) is 3.39. The van der Waals surface area contributed by atoms with Crippen molar-refractivity contribution < 1.29 is 14.6 Å². The van der Waals surface area contributed by atoms with Crippen LogP contribution in [0.1, 0.15) is 40.0 Å². The van der Waals surface area contributed by atoms with Crippen molar-refractivity contribution in [2.24, 2.45) is 11.3 Å². The van der Waals surface area contributed by atoms with E-state index in [1.165, 1.54) is 16.9 Å². The number of rotatable bonds is 5. The number of carbonyl (C=O) groups is 1. The number of urea groups is 1. The summed E-state index contributed by atoms with van der Waals surface area (Å²) in [6.45, 7) is 9.10. The van der Waals surface area contributed by atoms with Crippen LogP contribution in [0.25, 0.3) is 0 Å². The van der Waals surface area contributed by atoms with Gasteiger partial charge in [0.2, 0.25) is 0 Å². The number of thiazole rings is 1. The summed E-state index contributed by atoms with van der Waals surface area (Å²) < 4.78 is 6.69. The second-order valence-corrected chi connectivity index (χ2v) is 10.8. The third-order valence-corrected chi connectivity index (χ3v) is 7.45. The summed E-state index contributed by atoms with van der Waals surface area (Å²) in [4.78, 5) is 21.4. The Balaban J connectivity index is 1.57. The molecule has 0 aromatic carbocycles. The van der Waals surface area contributed by atoms with Crippen LogP contribution in [0, 0.1) is 11.3 Å². The van der Waals surface area contributed by atoms with Crippen LogP contribution in [0.5, 0.6) is 0 Å². The third-order valence-electron chi connectivity index (χ3n) is 6.42. The van der Waals surface area contributed by atoms with Crippen LogP contribution >= 0.6 is 22.9 Å². The molecule has 2 saturated heterocycles. The highest BCUT2D eigenvalue weighted by atomic mass is 35.5. The number of amides is 2. The maximum Gasteiger partial charge on any atom is 0.324 e. The van der Waals surface area contributed by atoms with E-state index >= 15 is 0 Å². The van der Waals surface area contributed by atoms with Crippen molar-refractivity contribution in [1.29, 1.82) is 0 Å². The molecule has 1 spiro atoms. The lowest BCUT2D eigenvalue weighted by molar-refractivity contribution is 0.0302. The fraction of sp³-hybridized carbons (Fsp3) is 0.714. The fourth-order valence-corrected chi connectivity index (χ4v) is 5.78. The highest BCUT2D eigenvalue weighted by Gasteiger charge is 2.54. The molecule has 30 heavy (non-hydrogen) atoms. The van der Waals surface area contributed by atoms with Gasteiger partial charge < -0.3 is 14.7 Å². The number of likely N-dealkylation sites (tertiary alicyclic amines) is 2. The van der Waals surface area contributed by atoms with Gasteiger partial charge in [-0.05, 0) is 37.7 Å². The van der Waals surface area contributed by atoms with E-state index in [0.29, 0.717) is 21.9 Å². The van der Waals surface area contributed by atoms with E-state index in [9.17, 15) is 9.90 Å². The van der Waals surface area contributed by atoms with E-state index in [2.05, 4.69) is 35.1 Å². The van der Waals surface area contributed by atoms with Crippen molar-refractivity contribution >= 4 is 34.1 Å². The van der Waals surface area contributed by atoms with Gasteiger partial charge in [0, 0.05) is 31.7 Å². The summed E-state index contributed by atoms with van der Waals surface area (Å²) in [6.07, 6.45) is 6.16. The number of aromatic nitrogens is 1. The number of aliphatic hydroxyl groups excluding tert-OH is 1. The lowest BCUT2D eigenvalue weighted by atomic mass is 9.76. The molecule has 4 atom stereocenters. The zero-order valence-corrected chi connectivity index (χ0v) is 19.4. The molecule has 3 heterocycles. The van der Waals surface area contributed by atoms with Crippen LogP contribution in [0.4, 0.5) is 9.93 Å². The predicted molar refractivity (Wildman–Crippen MR) is 119 cm³/mol. The highest BCUT2D eigenvalue weighted by Crippen LogP contribution is 2.50. The Hall–Kier alpha value is -1.19. The second kappa shape index (κ2) is 8.74. The van der Waals surface area contributed by atoms with Gasteiger partial charge in [-0.2, -0.15) is 0 Å². The maximum atomic E-state index is 13.1. The van der Waals surface area contributed by atoms with Crippen molar-refractivity contribution in [1.82, 2.24) is 14.8 Å². The minimum Gasteiger partial charge on any atom is -0.379 e. The van der Waals surface area contributed by atoms with Gasteiger partial charge in [-0.25, -0.2) is 9.78 Å². The molecule has 9 heteroatoms. The molecule has 4 unspecified atom stereocenters. The molecule has 0 radical (unpaired) electrons.